The van der Waals surface area contributed by atoms with E-state index in [0.29, 0.717) is 36.9 Å². The average Bonchev–Trinajstić information content (AvgIpc) is 3.58. The van der Waals surface area contributed by atoms with Crippen LogP contribution in [0.2, 0.25) is 0 Å². The van der Waals surface area contributed by atoms with Crippen molar-refractivity contribution in [1.82, 2.24) is 5.06 Å². The standard InChI is InChI=1S/C39H46N3O7S.K/c1-6-40-31-18-15-14-17-29(31)38(2,3)33(40)19-11-8-7-9-12-20-34-39(4,5)30-27-28(50(46,47)48)22-23-32(30)41(34)26-16-10-13-21-37(45)49-42-35(43)24-25-36(42)44;/h7-9,11-12,15,17-20,22-23,27,33H,6,10,13,16,21,24-26H2,1-5H3,(H,46,47,48);/q-1;+1/b8-7+,12-9+,19-11+,34-20+;. The van der Waals surface area contributed by atoms with Crippen LogP contribution in [0.15, 0.2) is 89.5 Å². The Morgan fingerprint density at radius 2 is 1.69 bits per heavy atom. The van der Waals surface area contributed by atoms with Gasteiger partial charge in [-0.05, 0) is 55.7 Å². The van der Waals surface area contributed by atoms with Crippen LogP contribution in [0.25, 0.3) is 0 Å². The Morgan fingerprint density at radius 1 is 1.00 bits per heavy atom. The first-order chi connectivity index (χ1) is 23.7. The summed E-state index contributed by atoms with van der Waals surface area (Å²) in [6.45, 7) is 12.4. The van der Waals surface area contributed by atoms with Crippen molar-refractivity contribution < 1.29 is 88.5 Å². The molecule has 3 aliphatic rings. The van der Waals surface area contributed by atoms with E-state index < -0.39 is 33.3 Å². The Kier molecular flexibility index (Phi) is 13.7. The predicted molar refractivity (Wildman–Crippen MR) is 189 cm³/mol. The minimum Gasteiger partial charge on any atom is -0.744 e. The van der Waals surface area contributed by atoms with Gasteiger partial charge in [0.1, 0.15) is 16.2 Å². The topological polar surface area (TPSA) is 129 Å². The summed E-state index contributed by atoms with van der Waals surface area (Å²) in [5, 5.41) is 0.563. The zero-order valence-corrected chi connectivity index (χ0v) is 34.3. The van der Waals surface area contributed by atoms with Crippen molar-refractivity contribution in [3.05, 3.63) is 102 Å². The van der Waals surface area contributed by atoms with Gasteiger partial charge >= 0.3 is 57.4 Å². The van der Waals surface area contributed by atoms with Crippen molar-refractivity contribution in [1.29, 1.82) is 0 Å². The fourth-order valence-corrected chi connectivity index (χ4v) is 7.86. The number of imide groups is 1. The van der Waals surface area contributed by atoms with E-state index in [1.54, 1.807) is 6.07 Å². The molecule has 266 valence electrons. The van der Waals surface area contributed by atoms with Gasteiger partial charge in [0.05, 0.1) is 11.4 Å². The summed E-state index contributed by atoms with van der Waals surface area (Å²) in [6.07, 6.45) is 16.3. The molecule has 0 saturated carbocycles. The summed E-state index contributed by atoms with van der Waals surface area (Å²) in [6, 6.07) is 14.3. The van der Waals surface area contributed by atoms with Crippen LogP contribution in [0.3, 0.4) is 0 Å². The van der Waals surface area contributed by atoms with Crippen molar-refractivity contribution in [2.75, 3.05) is 18.0 Å². The second-order valence-corrected chi connectivity index (χ2v) is 15.4. The number of benzene rings is 2. The van der Waals surface area contributed by atoms with Crippen molar-refractivity contribution in [3.63, 3.8) is 0 Å². The van der Waals surface area contributed by atoms with Gasteiger partial charge in [-0.15, -0.1) is 11.1 Å². The van der Waals surface area contributed by atoms with Crippen LogP contribution in [0.5, 0.6) is 0 Å². The molecule has 2 atom stereocenters. The second-order valence-electron chi connectivity index (χ2n) is 14.0. The minimum atomic E-state index is -4.63. The van der Waals surface area contributed by atoms with Crippen molar-refractivity contribution in [2.45, 2.75) is 94.9 Å². The summed E-state index contributed by atoms with van der Waals surface area (Å²) in [5.74, 6) is -1.63. The Bertz CT molecular complexity index is 1860. The third-order valence-corrected chi connectivity index (χ3v) is 10.9. The molecule has 1 N–H and O–H groups in total. The van der Waals surface area contributed by atoms with Gasteiger partial charge in [0.25, 0.3) is 11.8 Å². The van der Waals surface area contributed by atoms with Crippen LogP contribution >= 0.6 is 0 Å². The molecule has 2 amide bonds. The number of anilines is 1. The molecule has 1 saturated heterocycles. The number of hydrogen-bond acceptors (Lipinski definition) is 8. The number of allylic oxidation sites excluding steroid dienone is 7. The Morgan fingerprint density at radius 3 is 2.37 bits per heavy atom. The largest absolute Gasteiger partial charge is 1.00 e. The van der Waals surface area contributed by atoms with Crippen molar-refractivity contribution >= 4 is 39.3 Å². The molecule has 51 heavy (non-hydrogen) atoms. The van der Waals surface area contributed by atoms with Gasteiger partial charge in [-0.3, -0.25) is 9.59 Å². The number of nitrogens with one attached hydrogen (secondary N) is 1. The van der Waals surface area contributed by atoms with Crippen molar-refractivity contribution in [2.24, 2.45) is 0 Å². The normalized spacial score (nSPS) is 21.6. The Hall–Kier alpha value is -2.68. The molecule has 0 spiro atoms. The van der Waals surface area contributed by atoms with Crippen LogP contribution < -0.4 is 61.2 Å². The van der Waals surface area contributed by atoms with E-state index in [9.17, 15) is 27.4 Å². The fourth-order valence-electron chi connectivity index (χ4n) is 7.37. The zero-order chi connectivity index (χ0) is 36.3. The third kappa shape index (κ3) is 8.93. The number of carbonyl (C=O) groups is 3. The van der Waals surface area contributed by atoms with Gasteiger partial charge in [0, 0.05) is 53.7 Å². The number of unbranched alkanes of at least 4 members (excludes halogenated alkanes) is 2. The molecule has 0 aromatic heterocycles. The number of amides is 2. The minimum absolute atomic E-state index is 0. The smallest absolute Gasteiger partial charge is 0.744 e. The van der Waals surface area contributed by atoms with E-state index in [4.69, 9.17) is 4.84 Å². The molecular formula is C39H46KN3O7S. The number of rotatable bonds is 13. The summed E-state index contributed by atoms with van der Waals surface area (Å²) in [4.78, 5) is 43.9. The van der Waals surface area contributed by atoms with Crippen LogP contribution in [0, 0.1) is 6.07 Å². The average molecular weight is 740 g/mol. The van der Waals surface area contributed by atoms with Gasteiger partial charge < -0.3 is 19.2 Å². The summed E-state index contributed by atoms with van der Waals surface area (Å²) in [5.41, 5.74) is 4.59. The summed E-state index contributed by atoms with van der Waals surface area (Å²) < 4.78 is 35.6. The van der Waals surface area contributed by atoms with E-state index >= 15 is 0 Å². The van der Waals surface area contributed by atoms with E-state index in [1.807, 2.05) is 50.3 Å². The van der Waals surface area contributed by atoms with Gasteiger partial charge in [-0.25, -0.2) is 13.2 Å². The molecule has 0 radical (unpaired) electrons. The molecular weight excluding hydrogens is 694 g/mol. The monoisotopic (exact) mass is 739 g/mol. The number of carbonyl (C=O) groups excluding carboxylic acids is 3. The van der Waals surface area contributed by atoms with Crippen LogP contribution in [0.1, 0.15) is 84.3 Å². The SMILES string of the molecule is CC[NH+]1c2cc[c-]cc2C(C)(C)C1/C=C/C=C/C=C/C=C1/N(CCCCCC(=O)ON2C(=O)CCC2=O)c2ccc(S(=O)(=O)[O-])cc2C1(C)C.[K+]. The molecule has 3 aliphatic heterocycles. The molecule has 5 rings (SSSR count). The maximum absolute atomic E-state index is 12.2. The van der Waals surface area contributed by atoms with E-state index in [0.717, 1.165) is 23.5 Å². The third-order valence-electron chi connectivity index (χ3n) is 10.1. The number of quaternary nitrogens is 1. The van der Waals surface area contributed by atoms with Crippen LogP contribution in [0.4, 0.5) is 11.4 Å². The molecule has 2 aromatic rings. The first-order valence-corrected chi connectivity index (χ1v) is 18.6. The number of hydrogen-bond donors (Lipinski definition) is 1. The first-order valence-electron chi connectivity index (χ1n) is 17.2. The van der Waals surface area contributed by atoms with E-state index in [2.05, 4.69) is 56.0 Å². The Labute approximate surface area is 344 Å². The molecule has 2 aromatic carbocycles. The van der Waals surface area contributed by atoms with Crippen LogP contribution in [-0.2, 0) is 40.2 Å². The van der Waals surface area contributed by atoms with E-state index in [1.165, 1.54) is 28.3 Å². The first kappa shape index (κ1) is 41.1. The number of hydroxylamine groups is 2. The molecule has 3 heterocycles. The molecule has 10 nitrogen and oxygen atoms in total. The number of fused-ring (bicyclic) bond motifs is 2. The zero-order valence-electron chi connectivity index (χ0n) is 30.4. The number of likely N-dealkylation sites (N-methyl/N-ethyl adjacent to an activating group) is 1. The van der Waals surface area contributed by atoms with Crippen molar-refractivity contribution in [3.8, 4) is 0 Å². The predicted octanol–water partition coefficient (Wildman–Crippen LogP) is 2.11. The summed E-state index contributed by atoms with van der Waals surface area (Å²) in [7, 11) is -4.63. The molecule has 12 heteroatoms. The van der Waals surface area contributed by atoms with Gasteiger partial charge in [-0.1, -0.05) is 70.1 Å². The molecule has 0 aliphatic carbocycles. The summed E-state index contributed by atoms with van der Waals surface area (Å²) >= 11 is 0. The molecule has 2 unspecified atom stereocenters. The molecule has 0 bridgehead atoms. The molecule has 1 fully saturated rings. The number of nitrogens with zero attached hydrogens (tertiary/aromatic N) is 2. The van der Waals surface area contributed by atoms with Crippen LogP contribution in [-0.4, -0.2) is 54.9 Å². The quantitative estimate of drug-likeness (QED) is 0.0827. The Balaban J connectivity index is 0.00000583. The van der Waals surface area contributed by atoms with Gasteiger partial charge in [0.15, 0.2) is 0 Å². The maximum atomic E-state index is 12.2. The van der Waals surface area contributed by atoms with Gasteiger partial charge in [-0.2, -0.15) is 18.2 Å². The second kappa shape index (κ2) is 17.0. The van der Waals surface area contributed by atoms with Gasteiger partial charge in [0.2, 0.25) is 0 Å². The fraction of sp³-hybridized carbons (Fsp3) is 0.410. The maximum Gasteiger partial charge on any atom is 1.00 e. The van der Waals surface area contributed by atoms with E-state index in [-0.39, 0.29) is 81.0 Å².